The van der Waals surface area contributed by atoms with Crippen molar-refractivity contribution >= 4 is 0 Å². The van der Waals surface area contributed by atoms with Crippen LogP contribution in [0.2, 0.25) is 0 Å². The molecule has 1 atom stereocenters. The second-order valence-electron chi connectivity index (χ2n) is 5.62. The predicted octanol–water partition coefficient (Wildman–Crippen LogP) is 3.51. The van der Waals surface area contributed by atoms with Crippen molar-refractivity contribution in [1.82, 2.24) is 19.7 Å². The summed E-state index contributed by atoms with van der Waals surface area (Å²) in [4.78, 5) is 0. The Bertz CT molecular complexity index is 553. The first-order valence-corrected chi connectivity index (χ1v) is 8.10. The van der Waals surface area contributed by atoms with E-state index in [-0.39, 0.29) is 0 Å². The van der Waals surface area contributed by atoms with Gasteiger partial charge in [-0.15, -0.1) is 0 Å². The fourth-order valence-corrected chi connectivity index (χ4v) is 2.77. The van der Waals surface area contributed by atoms with Crippen LogP contribution >= 0.6 is 0 Å². The molecule has 2 aromatic rings. The first-order chi connectivity index (χ1) is 10.2. The van der Waals surface area contributed by atoms with Gasteiger partial charge in [-0.05, 0) is 50.9 Å². The van der Waals surface area contributed by atoms with Gasteiger partial charge in [0, 0.05) is 25.0 Å². The predicted molar refractivity (Wildman–Crippen MR) is 87.5 cm³/mol. The molecule has 0 radical (unpaired) electrons. The van der Waals surface area contributed by atoms with Crippen LogP contribution in [0.15, 0.2) is 24.5 Å². The monoisotopic (exact) mass is 288 g/mol. The Kier molecular flexibility index (Phi) is 5.62. The zero-order valence-corrected chi connectivity index (χ0v) is 13.8. The lowest BCUT2D eigenvalue weighted by Crippen LogP contribution is -2.21. The van der Waals surface area contributed by atoms with Crippen molar-refractivity contribution in [3.05, 3.63) is 41.5 Å². The maximum Gasteiger partial charge on any atom is 0.0639 e. The summed E-state index contributed by atoms with van der Waals surface area (Å²) in [6.07, 6.45) is 6.73. The topological polar surface area (TPSA) is 34.8 Å². The summed E-state index contributed by atoms with van der Waals surface area (Å²) in [5.41, 5.74) is 3.74. The second-order valence-corrected chi connectivity index (χ2v) is 5.62. The van der Waals surface area contributed by atoms with Gasteiger partial charge in [0.05, 0.1) is 17.9 Å². The molecule has 2 aromatic heterocycles. The lowest BCUT2D eigenvalue weighted by Gasteiger charge is -2.15. The quantitative estimate of drug-likeness (QED) is 0.806. The SMILES string of the molecule is CCCNC(CC)c1ccn(Cc2cc(C)nn2CC)c1. The molecular weight excluding hydrogens is 260 g/mol. The number of hydrogen-bond acceptors (Lipinski definition) is 2. The number of rotatable bonds is 8. The highest BCUT2D eigenvalue weighted by atomic mass is 15.3. The molecular formula is C17H28N4. The Morgan fingerprint density at radius 2 is 2.10 bits per heavy atom. The third kappa shape index (κ3) is 3.97. The van der Waals surface area contributed by atoms with E-state index in [1.54, 1.807) is 0 Å². The van der Waals surface area contributed by atoms with Gasteiger partial charge in [0.1, 0.15) is 0 Å². The van der Waals surface area contributed by atoms with Crippen LogP contribution in [0.4, 0.5) is 0 Å². The van der Waals surface area contributed by atoms with Crippen molar-refractivity contribution in [1.29, 1.82) is 0 Å². The van der Waals surface area contributed by atoms with Gasteiger partial charge in [0.2, 0.25) is 0 Å². The van der Waals surface area contributed by atoms with E-state index in [0.29, 0.717) is 6.04 Å². The van der Waals surface area contributed by atoms with Crippen LogP contribution in [0.25, 0.3) is 0 Å². The molecule has 0 aromatic carbocycles. The first-order valence-electron chi connectivity index (χ1n) is 8.10. The Hall–Kier alpha value is -1.55. The molecule has 1 unspecified atom stereocenters. The van der Waals surface area contributed by atoms with Gasteiger partial charge in [-0.2, -0.15) is 5.10 Å². The van der Waals surface area contributed by atoms with E-state index in [0.717, 1.165) is 31.7 Å². The fourth-order valence-electron chi connectivity index (χ4n) is 2.77. The summed E-state index contributed by atoms with van der Waals surface area (Å²) in [6.45, 7) is 11.5. The summed E-state index contributed by atoms with van der Waals surface area (Å²) in [5.74, 6) is 0. The molecule has 0 fully saturated rings. The Morgan fingerprint density at radius 1 is 1.29 bits per heavy atom. The van der Waals surface area contributed by atoms with Crippen LogP contribution in [-0.4, -0.2) is 20.9 Å². The summed E-state index contributed by atoms with van der Waals surface area (Å²) < 4.78 is 4.34. The van der Waals surface area contributed by atoms with Crippen LogP contribution in [0.5, 0.6) is 0 Å². The maximum atomic E-state index is 4.51. The molecule has 4 heteroatoms. The minimum absolute atomic E-state index is 0.462. The number of nitrogens with one attached hydrogen (secondary N) is 1. The van der Waals surface area contributed by atoms with Crippen LogP contribution in [0.3, 0.4) is 0 Å². The zero-order chi connectivity index (χ0) is 15.2. The highest BCUT2D eigenvalue weighted by molar-refractivity contribution is 5.17. The molecule has 2 heterocycles. The van der Waals surface area contributed by atoms with E-state index < -0.39 is 0 Å². The molecule has 0 aliphatic heterocycles. The van der Waals surface area contributed by atoms with Crippen LogP contribution in [0, 0.1) is 6.92 Å². The third-order valence-electron chi connectivity index (χ3n) is 3.85. The molecule has 0 spiro atoms. The first kappa shape index (κ1) is 15.8. The third-order valence-corrected chi connectivity index (χ3v) is 3.85. The van der Waals surface area contributed by atoms with Gasteiger partial charge < -0.3 is 9.88 Å². The van der Waals surface area contributed by atoms with Gasteiger partial charge in [-0.3, -0.25) is 4.68 Å². The Morgan fingerprint density at radius 3 is 2.76 bits per heavy atom. The summed E-state index contributed by atoms with van der Waals surface area (Å²) in [5, 5.41) is 8.12. The molecule has 1 N–H and O–H groups in total. The summed E-state index contributed by atoms with van der Waals surface area (Å²) >= 11 is 0. The van der Waals surface area contributed by atoms with Crippen LogP contribution < -0.4 is 5.32 Å². The Labute approximate surface area is 128 Å². The second kappa shape index (κ2) is 7.46. The highest BCUT2D eigenvalue weighted by Crippen LogP contribution is 2.18. The Balaban J connectivity index is 2.08. The average Bonchev–Trinajstić information content (AvgIpc) is 3.07. The minimum atomic E-state index is 0.462. The van der Waals surface area contributed by atoms with Crippen molar-refractivity contribution in [3.63, 3.8) is 0 Å². The van der Waals surface area contributed by atoms with Crippen molar-refractivity contribution in [3.8, 4) is 0 Å². The van der Waals surface area contributed by atoms with Crippen molar-refractivity contribution in [2.24, 2.45) is 0 Å². The van der Waals surface area contributed by atoms with Crippen LogP contribution in [0.1, 0.15) is 56.6 Å². The molecule has 0 bridgehead atoms. The van der Waals surface area contributed by atoms with E-state index >= 15 is 0 Å². The minimum Gasteiger partial charge on any atom is -0.348 e. The number of aromatic nitrogens is 3. The smallest absolute Gasteiger partial charge is 0.0639 e. The lowest BCUT2D eigenvalue weighted by molar-refractivity contribution is 0.517. The molecule has 0 amide bonds. The van der Waals surface area contributed by atoms with Gasteiger partial charge in [0.25, 0.3) is 0 Å². The van der Waals surface area contributed by atoms with Gasteiger partial charge in [-0.25, -0.2) is 0 Å². The van der Waals surface area contributed by atoms with Crippen molar-refractivity contribution in [2.75, 3.05) is 6.54 Å². The molecule has 2 rings (SSSR count). The maximum absolute atomic E-state index is 4.51. The molecule has 0 aliphatic rings. The van der Waals surface area contributed by atoms with Gasteiger partial charge in [-0.1, -0.05) is 13.8 Å². The fraction of sp³-hybridized carbons (Fsp3) is 0.588. The average molecular weight is 288 g/mol. The summed E-state index contributed by atoms with van der Waals surface area (Å²) in [6, 6.07) is 4.87. The van der Waals surface area contributed by atoms with E-state index in [1.807, 2.05) is 0 Å². The van der Waals surface area contributed by atoms with Gasteiger partial charge >= 0.3 is 0 Å². The standard InChI is InChI=1S/C17H28N4/c1-5-9-18-17(6-2)15-8-10-20(12-15)13-16-11-14(4)19-21(16)7-3/h8,10-12,17-18H,5-7,9,13H2,1-4H3. The van der Waals surface area contributed by atoms with Crippen molar-refractivity contribution in [2.45, 2.75) is 59.7 Å². The van der Waals surface area contributed by atoms with Gasteiger partial charge in [0.15, 0.2) is 0 Å². The normalized spacial score (nSPS) is 12.8. The van der Waals surface area contributed by atoms with E-state index in [1.165, 1.54) is 17.7 Å². The summed E-state index contributed by atoms with van der Waals surface area (Å²) in [7, 11) is 0. The number of aryl methyl sites for hydroxylation is 2. The van der Waals surface area contributed by atoms with E-state index in [2.05, 4.69) is 71.9 Å². The van der Waals surface area contributed by atoms with Crippen LogP contribution in [-0.2, 0) is 13.1 Å². The van der Waals surface area contributed by atoms with E-state index in [9.17, 15) is 0 Å². The molecule has 21 heavy (non-hydrogen) atoms. The molecule has 4 nitrogen and oxygen atoms in total. The highest BCUT2D eigenvalue weighted by Gasteiger charge is 2.10. The molecule has 0 saturated heterocycles. The molecule has 0 saturated carbocycles. The van der Waals surface area contributed by atoms with E-state index in [4.69, 9.17) is 0 Å². The number of nitrogens with zero attached hydrogens (tertiary/aromatic N) is 3. The van der Waals surface area contributed by atoms with Crippen molar-refractivity contribution < 1.29 is 0 Å². The lowest BCUT2D eigenvalue weighted by atomic mass is 10.1. The zero-order valence-electron chi connectivity index (χ0n) is 13.8. The molecule has 0 aliphatic carbocycles. The molecule has 116 valence electrons. The largest absolute Gasteiger partial charge is 0.348 e. The number of hydrogen-bond donors (Lipinski definition) is 1.